The fourth-order valence-corrected chi connectivity index (χ4v) is 2.79. The Labute approximate surface area is 109 Å². The highest BCUT2D eigenvalue weighted by atomic mass is 35.7. The van der Waals surface area contributed by atoms with Crippen LogP contribution in [0.15, 0.2) is 0 Å². The van der Waals surface area contributed by atoms with Gasteiger partial charge in [0.05, 0.1) is 25.1 Å². The minimum atomic E-state index is -3.47. The topological polar surface area (TPSA) is 52.6 Å². The van der Waals surface area contributed by atoms with Crippen molar-refractivity contribution >= 4 is 19.7 Å². The molecule has 4 nitrogen and oxygen atoms in total. The van der Waals surface area contributed by atoms with Gasteiger partial charge in [0.1, 0.15) is 0 Å². The normalized spacial score (nSPS) is 16.1. The molecule has 17 heavy (non-hydrogen) atoms. The highest BCUT2D eigenvalue weighted by Crippen LogP contribution is 2.16. The van der Waals surface area contributed by atoms with Gasteiger partial charge in [0.15, 0.2) is 0 Å². The largest absolute Gasteiger partial charge is 0.379 e. The van der Waals surface area contributed by atoms with E-state index in [1.165, 1.54) is 0 Å². The van der Waals surface area contributed by atoms with Crippen LogP contribution in [0.1, 0.15) is 27.7 Å². The molecule has 0 radical (unpaired) electrons. The van der Waals surface area contributed by atoms with E-state index >= 15 is 0 Å². The van der Waals surface area contributed by atoms with E-state index in [0.717, 1.165) is 0 Å². The average molecular weight is 287 g/mol. The lowest BCUT2D eigenvalue weighted by molar-refractivity contribution is -0.0196. The van der Waals surface area contributed by atoms with Crippen molar-refractivity contribution in [3.8, 4) is 0 Å². The Morgan fingerprint density at radius 2 is 1.76 bits per heavy atom. The van der Waals surface area contributed by atoms with Crippen LogP contribution in [0, 0.1) is 11.8 Å². The number of hydrogen-bond acceptors (Lipinski definition) is 4. The zero-order valence-corrected chi connectivity index (χ0v) is 12.6. The van der Waals surface area contributed by atoms with Crippen LogP contribution in [-0.4, -0.2) is 40.1 Å². The number of halogens is 1. The van der Waals surface area contributed by atoms with Gasteiger partial charge in [0.25, 0.3) is 0 Å². The van der Waals surface area contributed by atoms with Gasteiger partial charge in [-0.3, -0.25) is 0 Å². The van der Waals surface area contributed by atoms with Gasteiger partial charge >= 0.3 is 0 Å². The molecule has 0 aromatic carbocycles. The highest BCUT2D eigenvalue weighted by Gasteiger charge is 2.21. The third kappa shape index (κ3) is 9.83. The van der Waals surface area contributed by atoms with Crippen molar-refractivity contribution in [2.24, 2.45) is 11.8 Å². The lowest BCUT2D eigenvalue weighted by atomic mass is 9.99. The standard InChI is InChI=1S/C11H23ClO4S/c1-5-15-6-10(4)16-7-11(9(2)3)8-17(12,13)14/h9-11H,5-8H2,1-4H3. The first-order valence-corrected chi connectivity index (χ1v) is 8.35. The van der Waals surface area contributed by atoms with Crippen LogP contribution in [0.5, 0.6) is 0 Å². The molecule has 104 valence electrons. The maximum atomic E-state index is 11.0. The van der Waals surface area contributed by atoms with E-state index in [1.54, 1.807) is 0 Å². The lowest BCUT2D eigenvalue weighted by Crippen LogP contribution is -2.27. The quantitative estimate of drug-likeness (QED) is 0.610. The van der Waals surface area contributed by atoms with Crippen LogP contribution in [-0.2, 0) is 18.5 Å². The summed E-state index contributed by atoms with van der Waals surface area (Å²) < 4.78 is 32.9. The van der Waals surface area contributed by atoms with Crippen molar-refractivity contribution in [3.63, 3.8) is 0 Å². The van der Waals surface area contributed by atoms with Gasteiger partial charge in [-0.2, -0.15) is 0 Å². The smallest absolute Gasteiger partial charge is 0.232 e. The minimum Gasteiger partial charge on any atom is -0.379 e. The lowest BCUT2D eigenvalue weighted by Gasteiger charge is -2.22. The predicted octanol–water partition coefficient (Wildman–Crippen LogP) is 2.27. The highest BCUT2D eigenvalue weighted by molar-refractivity contribution is 8.13. The molecule has 0 amide bonds. The van der Waals surface area contributed by atoms with Gasteiger partial charge in [0.2, 0.25) is 9.05 Å². The van der Waals surface area contributed by atoms with E-state index in [4.69, 9.17) is 20.2 Å². The first-order valence-electron chi connectivity index (χ1n) is 5.88. The van der Waals surface area contributed by atoms with Crippen LogP contribution in [0.2, 0.25) is 0 Å². The average Bonchev–Trinajstić information content (AvgIpc) is 2.19. The van der Waals surface area contributed by atoms with E-state index in [9.17, 15) is 8.42 Å². The summed E-state index contributed by atoms with van der Waals surface area (Å²) in [6.07, 6.45) is -0.0331. The summed E-state index contributed by atoms with van der Waals surface area (Å²) in [5, 5.41) is 0. The SMILES string of the molecule is CCOCC(C)OCC(CS(=O)(=O)Cl)C(C)C. The molecule has 0 aliphatic rings. The van der Waals surface area contributed by atoms with Crippen LogP contribution in [0.3, 0.4) is 0 Å². The Kier molecular flexibility index (Phi) is 8.37. The second-order valence-corrected chi connectivity index (χ2v) is 7.33. The van der Waals surface area contributed by atoms with Gasteiger partial charge in [-0.05, 0) is 25.7 Å². The van der Waals surface area contributed by atoms with Crippen LogP contribution >= 0.6 is 10.7 Å². The Morgan fingerprint density at radius 3 is 2.18 bits per heavy atom. The molecule has 2 unspecified atom stereocenters. The Hall–Kier alpha value is 0.160. The fraction of sp³-hybridized carbons (Fsp3) is 1.00. The van der Waals surface area contributed by atoms with Gasteiger partial charge in [-0.25, -0.2) is 8.42 Å². The monoisotopic (exact) mass is 286 g/mol. The fourth-order valence-electron chi connectivity index (χ4n) is 1.31. The van der Waals surface area contributed by atoms with Crippen molar-refractivity contribution in [2.45, 2.75) is 33.8 Å². The zero-order chi connectivity index (χ0) is 13.5. The second kappa shape index (κ2) is 8.29. The van der Waals surface area contributed by atoms with Crippen LogP contribution in [0.4, 0.5) is 0 Å². The molecule has 0 aliphatic heterocycles. The molecule has 0 saturated heterocycles. The van der Waals surface area contributed by atoms with Crippen LogP contribution in [0.25, 0.3) is 0 Å². The third-order valence-electron chi connectivity index (χ3n) is 2.51. The molecule has 6 heteroatoms. The van der Waals surface area contributed by atoms with E-state index in [1.807, 2.05) is 27.7 Å². The molecule has 0 aromatic rings. The van der Waals surface area contributed by atoms with E-state index in [0.29, 0.717) is 19.8 Å². The van der Waals surface area contributed by atoms with Crippen molar-refractivity contribution in [3.05, 3.63) is 0 Å². The van der Waals surface area contributed by atoms with E-state index in [-0.39, 0.29) is 23.7 Å². The summed E-state index contributed by atoms with van der Waals surface area (Å²) in [5.74, 6) is 0.0810. The molecule has 0 N–H and O–H groups in total. The van der Waals surface area contributed by atoms with Crippen LogP contribution < -0.4 is 0 Å². The second-order valence-electron chi connectivity index (χ2n) is 4.51. The first kappa shape index (κ1) is 17.2. The van der Waals surface area contributed by atoms with Gasteiger partial charge < -0.3 is 9.47 Å². The van der Waals surface area contributed by atoms with Gasteiger partial charge in [-0.15, -0.1) is 0 Å². The summed E-state index contributed by atoms with van der Waals surface area (Å²) in [7, 11) is 1.79. The number of ether oxygens (including phenoxy) is 2. The number of rotatable bonds is 9. The van der Waals surface area contributed by atoms with Crippen molar-refractivity contribution in [1.82, 2.24) is 0 Å². The Balaban J connectivity index is 4.10. The molecule has 0 heterocycles. The summed E-state index contributed by atoms with van der Waals surface area (Å²) in [6.45, 7) is 9.31. The summed E-state index contributed by atoms with van der Waals surface area (Å²) in [5.41, 5.74) is 0. The molecule has 0 fully saturated rings. The molecule has 0 spiro atoms. The molecule has 0 aliphatic carbocycles. The first-order chi connectivity index (χ1) is 7.76. The molecule has 0 rings (SSSR count). The van der Waals surface area contributed by atoms with Crippen molar-refractivity contribution < 1.29 is 17.9 Å². The Bertz CT molecular complexity index is 290. The summed E-state index contributed by atoms with van der Waals surface area (Å²) >= 11 is 0. The molecule has 2 atom stereocenters. The zero-order valence-electron chi connectivity index (χ0n) is 11.0. The van der Waals surface area contributed by atoms with E-state index in [2.05, 4.69) is 0 Å². The molecular formula is C11H23ClO4S. The maximum Gasteiger partial charge on any atom is 0.232 e. The van der Waals surface area contributed by atoms with Gasteiger partial charge in [-0.1, -0.05) is 13.8 Å². The van der Waals surface area contributed by atoms with Crippen molar-refractivity contribution in [2.75, 3.05) is 25.6 Å². The molecule has 0 saturated carbocycles. The summed E-state index contributed by atoms with van der Waals surface area (Å²) in [4.78, 5) is 0. The predicted molar refractivity (Wildman–Crippen MR) is 69.9 cm³/mol. The summed E-state index contributed by atoms with van der Waals surface area (Å²) in [6, 6.07) is 0. The number of hydrogen-bond donors (Lipinski definition) is 0. The molecular weight excluding hydrogens is 264 g/mol. The molecule has 0 aromatic heterocycles. The van der Waals surface area contributed by atoms with Gasteiger partial charge in [0, 0.05) is 17.3 Å². The maximum absolute atomic E-state index is 11.0. The van der Waals surface area contributed by atoms with Crippen molar-refractivity contribution in [1.29, 1.82) is 0 Å². The van der Waals surface area contributed by atoms with E-state index < -0.39 is 9.05 Å². The minimum absolute atomic E-state index is 0.0331. The third-order valence-corrected chi connectivity index (χ3v) is 3.71. The Morgan fingerprint density at radius 1 is 1.18 bits per heavy atom. The molecule has 0 bridgehead atoms.